The minimum atomic E-state index is -0.549. The lowest BCUT2D eigenvalue weighted by Gasteiger charge is -2.04. The van der Waals surface area contributed by atoms with Gasteiger partial charge in [0.2, 0.25) is 0 Å². The van der Waals surface area contributed by atoms with E-state index in [2.05, 4.69) is 0 Å². The number of hydrogen-bond donors (Lipinski definition) is 0. The van der Waals surface area contributed by atoms with Crippen LogP contribution in [0.25, 0.3) is 0 Å². The highest BCUT2D eigenvalue weighted by Crippen LogP contribution is 2.19. The van der Waals surface area contributed by atoms with Gasteiger partial charge in [-0.05, 0) is 30.2 Å². The average molecular weight is 273 g/mol. The van der Waals surface area contributed by atoms with Crippen LogP contribution in [-0.4, -0.2) is 10.7 Å². The molecule has 0 atom stereocenters. The van der Waals surface area contributed by atoms with Crippen LogP contribution in [0, 0.1) is 22.9 Å². The van der Waals surface area contributed by atoms with E-state index >= 15 is 0 Å². The molecule has 5 heteroatoms. The molecule has 2 aromatic carbocycles. The number of Topliss-reactive ketones (excluding diaryl/α,β-unsaturated/α-hetero) is 1. The summed E-state index contributed by atoms with van der Waals surface area (Å²) >= 11 is 0. The molecule has 0 unspecified atom stereocenters. The normalized spacial score (nSPS) is 10.3. The highest BCUT2D eigenvalue weighted by atomic mass is 19.1. The predicted octanol–water partition coefficient (Wildman–Crippen LogP) is 3.47. The quantitative estimate of drug-likeness (QED) is 0.487. The molecule has 0 aromatic heterocycles. The maximum atomic E-state index is 13.5. The van der Waals surface area contributed by atoms with Crippen molar-refractivity contribution in [2.45, 2.75) is 13.3 Å². The van der Waals surface area contributed by atoms with E-state index in [4.69, 9.17) is 0 Å². The third-order valence-electron chi connectivity index (χ3n) is 2.90. The van der Waals surface area contributed by atoms with Gasteiger partial charge in [-0.15, -0.1) is 0 Å². The summed E-state index contributed by atoms with van der Waals surface area (Å²) in [6.45, 7) is 1.67. The van der Waals surface area contributed by atoms with Gasteiger partial charge in [-0.25, -0.2) is 4.39 Å². The molecule has 0 bridgehead atoms. The minimum Gasteiger partial charge on any atom is -0.294 e. The Balaban J connectivity index is 2.30. The molecule has 0 saturated heterocycles. The zero-order chi connectivity index (χ0) is 14.7. The SMILES string of the molecule is Cc1cc(C(=O)Cc2ccccc2F)cc([N+](=O)[O-])c1. The first-order valence-electron chi connectivity index (χ1n) is 6.00. The summed E-state index contributed by atoms with van der Waals surface area (Å²) in [5.41, 5.74) is 0.986. The highest BCUT2D eigenvalue weighted by molar-refractivity contribution is 5.98. The molecule has 2 aromatic rings. The summed E-state index contributed by atoms with van der Waals surface area (Å²) in [5, 5.41) is 10.8. The van der Waals surface area contributed by atoms with Crippen LogP contribution in [0.1, 0.15) is 21.5 Å². The van der Waals surface area contributed by atoms with Crippen LogP contribution < -0.4 is 0 Å². The number of rotatable bonds is 4. The fourth-order valence-electron chi connectivity index (χ4n) is 1.95. The Kier molecular flexibility index (Phi) is 3.89. The van der Waals surface area contributed by atoms with E-state index in [1.807, 2.05) is 0 Å². The zero-order valence-electron chi connectivity index (χ0n) is 10.8. The number of halogens is 1. The molecule has 2 rings (SSSR count). The van der Waals surface area contributed by atoms with Gasteiger partial charge < -0.3 is 0 Å². The molecule has 0 N–H and O–H groups in total. The summed E-state index contributed by atoms with van der Waals surface area (Å²) in [7, 11) is 0. The number of non-ortho nitro benzene ring substituents is 1. The van der Waals surface area contributed by atoms with E-state index < -0.39 is 10.7 Å². The molecule has 0 aliphatic rings. The fourth-order valence-corrected chi connectivity index (χ4v) is 1.95. The second-order valence-electron chi connectivity index (χ2n) is 4.51. The summed E-state index contributed by atoms with van der Waals surface area (Å²) in [5.74, 6) is -0.801. The van der Waals surface area contributed by atoms with Crippen molar-refractivity contribution in [3.05, 3.63) is 75.1 Å². The van der Waals surface area contributed by atoms with Gasteiger partial charge in [-0.3, -0.25) is 14.9 Å². The molecule has 0 fully saturated rings. The van der Waals surface area contributed by atoms with E-state index in [9.17, 15) is 19.3 Å². The molecule has 0 aliphatic carbocycles. The molecule has 0 amide bonds. The van der Waals surface area contributed by atoms with Gasteiger partial charge in [-0.2, -0.15) is 0 Å². The Labute approximate surface area is 115 Å². The van der Waals surface area contributed by atoms with E-state index in [-0.39, 0.29) is 29.0 Å². The van der Waals surface area contributed by atoms with Crippen LogP contribution in [0.15, 0.2) is 42.5 Å². The third kappa shape index (κ3) is 3.06. The van der Waals surface area contributed by atoms with Gasteiger partial charge in [0.05, 0.1) is 4.92 Å². The van der Waals surface area contributed by atoms with Crippen LogP contribution in [0.3, 0.4) is 0 Å². The average Bonchev–Trinajstić information content (AvgIpc) is 2.40. The molecular weight excluding hydrogens is 261 g/mol. The molecule has 0 saturated carbocycles. The molecule has 0 radical (unpaired) electrons. The zero-order valence-corrected chi connectivity index (χ0v) is 10.8. The van der Waals surface area contributed by atoms with E-state index in [0.717, 1.165) is 0 Å². The van der Waals surface area contributed by atoms with E-state index in [0.29, 0.717) is 5.56 Å². The van der Waals surface area contributed by atoms with Crippen molar-refractivity contribution in [3.63, 3.8) is 0 Å². The number of benzene rings is 2. The van der Waals surface area contributed by atoms with Crippen LogP contribution in [0.5, 0.6) is 0 Å². The van der Waals surface area contributed by atoms with Crippen molar-refractivity contribution in [1.29, 1.82) is 0 Å². The minimum absolute atomic E-state index is 0.118. The lowest BCUT2D eigenvalue weighted by molar-refractivity contribution is -0.384. The molecule has 0 spiro atoms. The number of nitro groups is 1. The fraction of sp³-hybridized carbons (Fsp3) is 0.133. The second kappa shape index (κ2) is 5.61. The van der Waals surface area contributed by atoms with Gasteiger partial charge in [-0.1, -0.05) is 18.2 Å². The van der Waals surface area contributed by atoms with Crippen molar-refractivity contribution in [2.24, 2.45) is 0 Å². The maximum Gasteiger partial charge on any atom is 0.270 e. The second-order valence-corrected chi connectivity index (χ2v) is 4.51. The highest BCUT2D eigenvalue weighted by Gasteiger charge is 2.15. The topological polar surface area (TPSA) is 60.2 Å². The largest absolute Gasteiger partial charge is 0.294 e. The summed E-state index contributed by atoms with van der Waals surface area (Å²) in [4.78, 5) is 22.3. The molecule has 0 aliphatic heterocycles. The summed E-state index contributed by atoms with van der Waals surface area (Å²) < 4.78 is 13.5. The van der Waals surface area contributed by atoms with Crippen LogP contribution in [0.2, 0.25) is 0 Å². The third-order valence-corrected chi connectivity index (χ3v) is 2.90. The van der Waals surface area contributed by atoms with Crippen molar-refractivity contribution < 1.29 is 14.1 Å². The van der Waals surface area contributed by atoms with Crippen LogP contribution >= 0.6 is 0 Å². The van der Waals surface area contributed by atoms with Crippen molar-refractivity contribution in [2.75, 3.05) is 0 Å². The number of hydrogen-bond acceptors (Lipinski definition) is 3. The molecule has 20 heavy (non-hydrogen) atoms. The Hall–Kier alpha value is -2.56. The summed E-state index contributed by atoms with van der Waals surface area (Å²) in [6.07, 6.45) is -0.118. The monoisotopic (exact) mass is 273 g/mol. The smallest absolute Gasteiger partial charge is 0.270 e. The molecule has 0 heterocycles. The molecule has 4 nitrogen and oxygen atoms in total. The maximum absolute atomic E-state index is 13.5. The van der Waals surface area contributed by atoms with Gasteiger partial charge in [0.15, 0.2) is 5.78 Å². The summed E-state index contributed by atoms with van der Waals surface area (Å²) in [6, 6.07) is 10.2. The first kappa shape index (κ1) is 13.9. The number of nitro benzene ring substituents is 1. The predicted molar refractivity (Wildman–Crippen MR) is 72.3 cm³/mol. The number of aryl methyl sites for hydroxylation is 1. The van der Waals surface area contributed by atoms with Gasteiger partial charge in [0, 0.05) is 24.1 Å². The Morgan fingerprint density at radius 1 is 1.25 bits per heavy atom. The number of ketones is 1. The number of carbonyl (C=O) groups is 1. The van der Waals surface area contributed by atoms with Gasteiger partial charge in [0.25, 0.3) is 5.69 Å². The Bertz CT molecular complexity index is 683. The number of nitrogens with zero attached hydrogens (tertiary/aromatic N) is 1. The van der Waals surface area contributed by atoms with Crippen molar-refractivity contribution >= 4 is 11.5 Å². The molecular formula is C15H12FNO3. The van der Waals surface area contributed by atoms with Crippen molar-refractivity contribution in [1.82, 2.24) is 0 Å². The lowest BCUT2D eigenvalue weighted by atomic mass is 10.0. The Morgan fingerprint density at radius 3 is 2.60 bits per heavy atom. The first-order valence-corrected chi connectivity index (χ1v) is 6.00. The van der Waals surface area contributed by atoms with Gasteiger partial charge in [0.1, 0.15) is 5.82 Å². The van der Waals surface area contributed by atoms with Crippen molar-refractivity contribution in [3.8, 4) is 0 Å². The Morgan fingerprint density at radius 2 is 1.95 bits per heavy atom. The number of carbonyl (C=O) groups excluding carboxylic acids is 1. The van der Waals surface area contributed by atoms with Gasteiger partial charge >= 0.3 is 0 Å². The first-order chi connectivity index (χ1) is 9.47. The van der Waals surface area contributed by atoms with E-state index in [1.54, 1.807) is 25.1 Å². The molecule has 102 valence electrons. The van der Waals surface area contributed by atoms with Crippen LogP contribution in [0.4, 0.5) is 10.1 Å². The van der Waals surface area contributed by atoms with Crippen LogP contribution in [-0.2, 0) is 6.42 Å². The standard InChI is InChI=1S/C15H12FNO3/c1-10-6-12(8-13(7-10)17(19)20)15(18)9-11-4-2-3-5-14(11)16/h2-8H,9H2,1H3. The van der Waals surface area contributed by atoms with E-state index in [1.165, 1.54) is 24.3 Å². The lowest BCUT2D eigenvalue weighted by Crippen LogP contribution is -2.06.